The van der Waals surface area contributed by atoms with E-state index >= 15 is 0 Å². The predicted molar refractivity (Wildman–Crippen MR) is 71.1 cm³/mol. The molecule has 0 bridgehead atoms. The Morgan fingerprint density at radius 1 is 1.39 bits per heavy atom. The molecule has 2 heterocycles. The second-order valence-electron chi connectivity index (χ2n) is 4.98. The maximum Gasteiger partial charge on any atom is 0.208 e. The Balaban J connectivity index is 2.03. The smallest absolute Gasteiger partial charge is 0.208 e. The number of anilines is 1. The summed E-state index contributed by atoms with van der Waals surface area (Å²) in [6.07, 6.45) is 7.55. The van der Waals surface area contributed by atoms with Gasteiger partial charge >= 0.3 is 0 Å². The molecule has 0 atom stereocenters. The first-order valence-electron chi connectivity index (χ1n) is 6.52. The molecule has 0 aromatic carbocycles. The summed E-state index contributed by atoms with van der Waals surface area (Å²) >= 11 is 0. The van der Waals surface area contributed by atoms with Gasteiger partial charge in [-0.1, -0.05) is 6.92 Å². The number of rotatable bonds is 4. The van der Waals surface area contributed by atoms with E-state index in [9.17, 15) is 0 Å². The van der Waals surface area contributed by atoms with Crippen molar-refractivity contribution in [2.45, 2.75) is 39.2 Å². The molecule has 18 heavy (non-hydrogen) atoms. The molecule has 0 spiro atoms. The number of hydrogen-bond acceptors (Lipinski definition) is 3. The molecule has 2 aromatic rings. The molecule has 0 unspecified atom stereocenters. The minimum absolute atomic E-state index is 0.604. The Bertz CT molecular complexity index is 562. The summed E-state index contributed by atoms with van der Waals surface area (Å²) in [4.78, 5) is 4.57. The third-order valence-corrected chi connectivity index (χ3v) is 3.21. The number of aromatic nitrogens is 4. The maximum absolute atomic E-state index is 4.57. The van der Waals surface area contributed by atoms with Crippen LogP contribution < -0.4 is 5.32 Å². The molecule has 2 aromatic heterocycles. The molecule has 1 aliphatic rings. The summed E-state index contributed by atoms with van der Waals surface area (Å²) in [6, 6.07) is 0.604. The first-order chi connectivity index (χ1) is 8.67. The number of imidazole rings is 1. The molecule has 0 aliphatic heterocycles. The quantitative estimate of drug-likeness (QED) is 0.896. The summed E-state index contributed by atoms with van der Waals surface area (Å²) < 4.78 is 3.99. The van der Waals surface area contributed by atoms with Crippen LogP contribution in [0.4, 0.5) is 5.95 Å². The molecule has 5 nitrogen and oxygen atoms in total. The highest BCUT2D eigenvalue weighted by molar-refractivity contribution is 5.46. The zero-order valence-electron chi connectivity index (χ0n) is 11.1. The van der Waals surface area contributed by atoms with Crippen LogP contribution in [0.2, 0.25) is 0 Å². The van der Waals surface area contributed by atoms with E-state index in [2.05, 4.69) is 39.3 Å². The van der Waals surface area contributed by atoms with Gasteiger partial charge < -0.3 is 5.32 Å². The van der Waals surface area contributed by atoms with E-state index in [1.807, 2.05) is 18.7 Å². The number of nitrogens with zero attached hydrogens (tertiary/aromatic N) is 4. The average Bonchev–Trinajstić information content (AvgIpc) is 2.95. The zero-order valence-corrected chi connectivity index (χ0v) is 11.1. The molecule has 1 fully saturated rings. The van der Waals surface area contributed by atoms with Gasteiger partial charge in [-0.3, -0.25) is 9.25 Å². The van der Waals surface area contributed by atoms with Gasteiger partial charge in [0.2, 0.25) is 5.95 Å². The molecule has 1 saturated carbocycles. The van der Waals surface area contributed by atoms with E-state index in [1.165, 1.54) is 12.8 Å². The summed E-state index contributed by atoms with van der Waals surface area (Å²) in [7, 11) is 1.96. The van der Waals surface area contributed by atoms with Crippen molar-refractivity contribution in [3.63, 3.8) is 0 Å². The number of nitrogens with one attached hydrogen (secondary N) is 1. The Labute approximate surface area is 107 Å². The number of aryl methyl sites for hydroxylation is 3. The van der Waals surface area contributed by atoms with Crippen LogP contribution in [0.25, 0.3) is 5.69 Å². The van der Waals surface area contributed by atoms with Crippen molar-refractivity contribution in [2.24, 2.45) is 7.05 Å². The summed E-state index contributed by atoms with van der Waals surface area (Å²) in [6.45, 7) is 4.15. The van der Waals surface area contributed by atoms with Crippen molar-refractivity contribution in [3.8, 4) is 5.69 Å². The van der Waals surface area contributed by atoms with Crippen molar-refractivity contribution in [2.75, 3.05) is 5.32 Å². The minimum atomic E-state index is 0.604. The highest BCUT2D eigenvalue weighted by atomic mass is 15.3. The van der Waals surface area contributed by atoms with Crippen LogP contribution in [0.3, 0.4) is 0 Å². The fourth-order valence-electron chi connectivity index (χ4n) is 2.17. The van der Waals surface area contributed by atoms with Gasteiger partial charge in [0.1, 0.15) is 0 Å². The van der Waals surface area contributed by atoms with Gasteiger partial charge in [-0.15, -0.1) is 0 Å². The third kappa shape index (κ3) is 2.00. The second-order valence-corrected chi connectivity index (χ2v) is 4.98. The highest BCUT2D eigenvalue weighted by Crippen LogP contribution is 2.26. The summed E-state index contributed by atoms with van der Waals surface area (Å²) in [5.41, 5.74) is 3.27. The van der Waals surface area contributed by atoms with Crippen LogP contribution in [0.15, 0.2) is 12.4 Å². The van der Waals surface area contributed by atoms with Crippen molar-refractivity contribution in [1.29, 1.82) is 0 Å². The van der Waals surface area contributed by atoms with Crippen LogP contribution in [0.5, 0.6) is 0 Å². The molecular formula is C13H19N5. The van der Waals surface area contributed by atoms with Crippen LogP contribution in [-0.2, 0) is 13.5 Å². The lowest BCUT2D eigenvalue weighted by Crippen LogP contribution is -2.08. The van der Waals surface area contributed by atoms with Gasteiger partial charge in [-0.2, -0.15) is 5.10 Å². The van der Waals surface area contributed by atoms with E-state index in [4.69, 9.17) is 0 Å². The molecule has 0 radical (unpaired) electrons. The number of hydrogen-bond donors (Lipinski definition) is 1. The molecule has 3 rings (SSSR count). The van der Waals surface area contributed by atoms with Gasteiger partial charge in [0.05, 0.1) is 17.1 Å². The molecule has 1 aliphatic carbocycles. The molecule has 0 saturated heterocycles. The standard InChI is InChI=1S/C13H19N5/c1-4-11-12(8-17(3)16-11)18-7-9(2)14-13(18)15-10-5-6-10/h7-8,10H,4-6H2,1-3H3,(H,14,15). The normalized spacial score (nSPS) is 15.1. The van der Waals surface area contributed by atoms with Gasteiger partial charge in [-0.05, 0) is 26.2 Å². The minimum Gasteiger partial charge on any atom is -0.353 e. The molecular weight excluding hydrogens is 226 g/mol. The first kappa shape index (κ1) is 11.3. The monoisotopic (exact) mass is 245 g/mol. The van der Waals surface area contributed by atoms with Crippen LogP contribution in [-0.4, -0.2) is 25.4 Å². The SMILES string of the molecule is CCc1nn(C)cc1-n1cc(C)nc1NC1CC1. The fraction of sp³-hybridized carbons (Fsp3) is 0.538. The lowest BCUT2D eigenvalue weighted by molar-refractivity contribution is 0.746. The maximum atomic E-state index is 4.57. The molecule has 96 valence electrons. The van der Waals surface area contributed by atoms with Crippen molar-refractivity contribution < 1.29 is 0 Å². The van der Waals surface area contributed by atoms with E-state index in [-0.39, 0.29) is 0 Å². The zero-order chi connectivity index (χ0) is 12.7. The summed E-state index contributed by atoms with van der Waals surface area (Å²) in [5, 5.41) is 7.97. The van der Waals surface area contributed by atoms with Crippen LogP contribution in [0.1, 0.15) is 31.2 Å². The van der Waals surface area contributed by atoms with Crippen LogP contribution in [0, 0.1) is 6.92 Å². The topological polar surface area (TPSA) is 47.7 Å². The van der Waals surface area contributed by atoms with Crippen molar-refractivity contribution in [1.82, 2.24) is 19.3 Å². The Morgan fingerprint density at radius 2 is 2.17 bits per heavy atom. The summed E-state index contributed by atoms with van der Waals surface area (Å²) in [5.74, 6) is 0.942. The molecule has 1 N–H and O–H groups in total. The largest absolute Gasteiger partial charge is 0.353 e. The Hall–Kier alpha value is -1.78. The van der Waals surface area contributed by atoms with Gasteiger partial charge in [0, 0.05) is 25.5 Å². The van der Waals surface area contributed by atoms with Crippen molar-refractivity contribution in [3.05, 3.63) is 23.8 Å². The average molecular weight is 245 g/mol. The molecule has 0 amide bonds. The van der Waals surface area contributed by atoms with E-state index < -0.39 is 0 Å². The Kier molecular flexibility index (Phi) is 2.61. The van der Waals surface area contributed by atoms with Gasteiger partial charge in [0.25, 0.3) is 0 Å². The van der Waals surface area contributed by atoms with E-state index in [0.717, 1.165) is 29.4 Å². The Morgan fingerprint density at radius 3 is 2.83 bits per heavy atom. The lowest BCUT2D eigenvalue weighted by atomic mass is 10.3. The highest BCUT2D eigenvalue weighted by Gasteiger charge is 2.24. The fourth-order valence-corrected chi connectivity index (χ4v) is 2.17. The lowest BCUT2D eigenvalue weighted by Gasteiger charge is -2.08. The third-order valence-electron chi connectivity index (χ3n) is 3.21. The van der Waals surface area contributed by atoms with E-state index in [1.54, 1.807) is 0 Å². The van der Waals surface area contributed by atoms with Gasteiger partial charge in [-0.25, -0.2) is 4.98 Å². The van der Waals surface area contributed by atoms with Gasteiger partial charge in [0.15, 0.2) is 0 Å². The molecule has 5 heteroatoms. The first-order valence-corrected chi connectivity index (χ1v) is 6.52. The predicted octanol–water partition coefficient (Wildman–Crippen LogP) is 2.05. The van der Waals surface area contributed by atoms with Crippen molar-refractivity contribution >= 4 is 5.95 Å². The second kappa shape index (κ2) is 4.15. The van der Waals surface area contributed by atoms with Crippen LogP contribution >= 0.6 is 0 Å². The van der Waals surface area contributed by atoms with E-state index in [0.29, 0.717) is 6.04 Å².